The van der Waals surface area contributed by atoms with E-state index in [1.165, 1.54) is 18.3 Å². The third kappa shape index (κ3) is 4.77. The van der Waals surface area contributed by atoms with Gasteiger partial charge in [-0.05, 0) is 69.7 Å². The predicted molar refractivity (Wildman–Crippen MR) is 114 cm³/mol. The number of nitrogens with one attached hydrogen (secondary N) is 1. The first-order valence-electron chi connectivity index (χ1n) is 9.67. The van der Waals surface area contributed by atoms with Crippen LogP contribution in [0, 0.1) is 12.7 Å². The van der Waals surface area contributed by atoms with Gasteiger partial charge in [0.05, 0.1) is 0 Å². The summed E-state index contributed by atoms with van der Waals surface area (Å²) in [7, 11) is 0. The lowest BCUT2D eigenvalue weighted by Crippen LogP contribution is -2.32. The molecule has 0 aliphatic heterocycles. The van der Waals surface area contributed by atoms with E-state index in [-0.39, 0.29) is 17.8 Å². The van der Waals surface area contributed by atoms with E-state index in [1.807, 2.05) is 56.9 Å². The summed E-state index contributed by atoms with van der Waals surface area (Å²) in [6.45, 7) is 8.46. The second-order valence-corrected chi connectivity index (χ2v) is 7.15. The molecule has 0 unspecified atom stereocenters. The smallest absolute Gasteiger partial charge is 0.256 e. The van der Waals surface area contributed by atoms with Crippen LogP contribution in [0.5, 0.6) is 0 Å². The maximum absolute atomic E-state index is 13.3. The Morgan fingerprint density at radius 2 is 1.90 bits per heavy atom. The first-order valence-corrected chi connectivity index (χ1v) is 9.67. The fraction of sp³-hybridized carbons (Fsp3) is 0.261. The maximum atomic E-state index is 13.3. The molecule has 0 aliphatic carbocycles. The van der Waals surface area contributed by atoms with Crippen molar-refractivity contribution in [2.45, 2.75) is 33.7 Å². The number of carbonyl (C=O) groups excluding carboxylic acids is 1. The molecule has 0 spiro atoms. The van der Waals surface area contributed by atoms with Gasteiger partial charge in [-0.25, -0.2) is 14.4 Å². The highest BCUT2D eigenvalue weighted by Crippen LogP contribution is 2.29. The van der Waals surface area contributed by atoms with E-state index >= 15 is 0 Å². The Morgan fingerprint density at radius 3 is 2.52 bits per heavy atom. The molecule has 5 nitrogen and oxygen atoms in total. The Hall–Kier alpha value is -3.28. The number of aromatic nitrogens is 2. The van der Waals surface area contributed by atoms with Gasteiger partial charge in [0, 0.05) is 30.0 Å². The van der Waals surface area contributed by atoms with E-state index < -0.39 is 0 Å². The van der Waals surface area contributed by atoms with Crippen LogP contribution in [0.1, 0.15) is 36.7 Å². The lowest BCUT2D eigenvalue weighted by molar-refractivity contribution is 0.0943. The summed E-state index contributed by atoms with van der Waals surface area (Å²) in [5.74, 6) is 0.404. The van der Waals surface area contributed by atoms with Gasteiger partial charge in [0.25, 0.3) is 5.91 Å². The van der Waals surface area contributed by atoms with Crippen LogP contribution in [0.3, 0.4) is 0 Å². The Morgan fingerprint density at radius 1 is 1.17 bits per heavy atom. The van der Waals surface area contributed by atoms with Gasteiger partial charge in [0.15, 0.2) is 5.82 Å². The summed E-state index contributed by atoms with van der Waals surface area (Å²) in [4.78, 5) is 23.9. The third-order valence-corrected chi connectivity index (χ3v) is 4.42. The number of anilines is 2. The summed E-state index contributed by atoms with van der Waals surface area (Å²) in [6.07, 6.45) is 1.54. The van der Waals surface area contributed by atoms with Crippen molar-refractivity contribution in [2.75, 3.05) is 11.4 Å². The minimum atomic E-state index is -0.322. The van der Waals surface area contributed by atoms with Crippen molar-refractivity contribution in [3.63, 3.8) is 0 Å². The van der Waals surface area contributed by atoms with E-state index in [0.717, 1.165) is 11.3 Å². The topological polar surface area (TPSA) is 58.1 Å². The van der Waals surface area contributed by atoms with Gasteiger partial charge in [-0.2, -0.15) is 0 Å². The van der Waals surface area contributed by atoms with E-state index in [1.54, 1.807) is 12.1 Å². The molecule has 3 aromatic rings. The molecule has 0 aliphatic rings. The molecule has 29 heavy (non-hydrogen) atoms. The minimum absolute atomic E-state index is 0.0128. The zero-order valence-corrected chi connectivity index (χ0v) is 17.1. The quantitative estimate of drug-likeness (QED) is 0.649. The summed E-state index contributed by atoms with van der Waals surface area (Å²) in [6, 6.07) is 14.0. The highest BCUT2D eigenvalue weighted by Gasteiger charge is 2.21. The molecular formula is C23H25FN4O. The molecule has 0 radical (unpaired) electrons. The molecule has 0 bridgehead atoms. The normalized spacial score (nSPS) is 10.8. The van der Waals surface area contributed by atoms with Crippen LogP contribution in [-0.4, -0.2) is 28.5 Å². The molecule has 150 valence electrons. The van der Waals surface area contributed by atoms with Crippen molar-refractivity contribution in [3.05, 3.63) is 71.7 Å². The molecule has 0 atom stereocenters. The highest BCUT2D eigenvalue weighted by molar-refractivity contribution is 5.99. The van der Waals surface area contributed by atoms with E-state index in [9.17, 15) is 9.18 Å². The Kier molecular flexibility index (Phi) is 6.22. The monoisotopic (exact) mass is 392 g/mol. The number of nitrogens with zero attached hydrogens (tertiary/aromatic N) is 3. The number of aryl methyl sites for hydroxylation is 1. The number of amides is 1. The van der Waals surface area contributed by atoms with Gasteiger partial charge in [0.2, 0.25) is 0 Å². The van der Waals surface area contributed by atoms with E-state index in [2.05, 4.69) is 10.3 Å². The van der Waals surface area contributed by atoms with Crippen LogP contribution < -0.4 is 10.2 Å². The van der Waals surface area contributed by atoms with Crippen molar-refractivity contribution in [1.82, 2.24) is 15.3 Å². The summed E-state index contributed by atoms with van der Waals surface area (Å²) < 4.78 is 13.3. The Labute approximate surface area is 170 Å². The highest BCUT2D eigenvalue weighted by atomic mass is 19.1. The van der Waals surface area contributed by atoms with E-state index in [4.69, 9.17) is 4.98 Å². The Bertz CT molecular complexity index is 1000. The summed E-state index contributed by atoms with van der Waals surface area (Å²) in [5.41, 5.74) is 3.13. The fourth-order valence-electron chi connectivity index (χ4n) is 3.07. The average Bonchev–Trinajstić information content (AvgIpc) is 2.68. The van der Waals surface area contributed by atoms with Crippen molar-refractivity contribution in [1.29, 1.82) is 0 Å². The molecule has 1 N–H and O–H groups in total. The van der Waals surface area contributed by atoms with Gasteiger partial charge in [0.1, 0.15) is 17.2 Å². The zero-order chi connectivity index (χ0) is 21.0. The molecule has 0 saturated carbocycles. The van der Waals surface area contributed by atoms with Crippen molar-refractivity contribution >= 4 is 17.4 Å². The zero-order valence-electron chi connectivity index (χ0n) is 17.1. The third-order valence-electron chi connectivity index (χ3n) is 4.42. The lowest BCUT2D eigenvalue weighted by Gasteiger charge is -2.25. The summed E-state index contributed by atoms with van der Waals surface area (Å²) >= 11 is 0. The predicted octanol–water partition coefficient (Wildman–Crippen LogP) is 4.89. The largest absolute Gasteiger partial charge is 0.350 e. The van der Waals surface area contributed by atoms with E-state index in [0.29, 0.717) is 29.3 Å². The van der Waals surface area contributed by atoms with Gasteiger partial charge < -0.3 is 10.2 Å². The number of carbonyl (C=O) groups is 1. The molecule has 1 heterocycles. The van der Waals surface area contributed by atoms with Gasteiger partial charge in [-0.1, -0.05) is 12.1 Å². The van der Waals surface area contributed by atoms with Crippen LogP contribution in [0.25, 0.3) is 11.4 Å². The van der Waals surface area contributed by atoms with Crippen LogP contribution in [0.2, 0.25) is 0 Å². The van der Waals surface area contributed by atoms with Crippen molar-refractivity contribution < 1.29 is 9.18 Å². The van der Waals surface area contributed by atoms with Gasteiger partial charge >= 0.3 is 0 Å². The second-order valence-electron chi connectivity index (χ2n) is 7.15. The van der Waals surface area contributed by atoms with Crippen LogP contribution in [0.4, 0.5) is 15.9 Å². The van der Waals surface area contributed by atoms with Crippen LogP contribution in [-0.2, 0) is 0 Å². The Balaban J connectivity index is 2.14. The molecule has 0 fully saturated rings. The van der Waals surface area contributed by atoms with Crippen LogP contribution >= 0.6 is 0 Å². The molecular weight excluding hydrogens is 367 g/mol. The number of halogens is 1. The van der Waals surface area contributed by atoms with Crippen LogP contribution in [0.15, 0.2) is 54.7 Å². The summed E-state index contributed by atoms with van der Waals surface area (Å²) in [5, 5.41) is 2.91. The van der Waals surface area contributed by atoms with Crippen molar-refractivity contribution in [3.8, 4) is 11.4 Å². The number of hydrogen-bond donors (Lipinski definition) is 1. The molecule has 2 aromatic carbocycles. The SMILES string of the molecule is CCN(c1cccc(C)c1)c1nc(-c2ccc(F)cc2)ncc1C(=O)NC(C)C. The molecule has 1 aromatic heterocycles. The molecule has 0 saturated heterocycles. The average molecular weight is 392 g/mol. The second kappa shape index (κ2) is 8.82. The van der Waals surface area contributed by atoms with Gasteiger partial charge in [-0.3, -0.25) is 4.79 Å². The fourth-order valence-corrected chi connectivity index (χ4v) is 3.07. The number of benzene rings is 2. The molecule has 3 rings (SSSR count). The first kappa shape index (κ1) is 20.5. The first-order chi connectivity index (χ1) is 13.9. The molecule has 6 heteroatoms. The number of rotatable bonds is 6. The maximum Gasteiger partial charge on any atom is 0.256 e. The van der Waals surface area contributed by atoms with Gasteiger partial charge in [-0.15, -0.1) is 0 Å². The lowest BCUT2D eigenvalue weighted by atomic mass is 10.1. The van der Waals surface area contributed by atoms with Crippen molar-refractivity contribution in [2.24, 2.45) is 0 Å². The molecule has 1 amide bonds. The number of hydrogen-bond acceptors (Lipinski definition) is 4. The minimum Gasteiger partial charge on any atom is -0.350 e. The standard InChI is InChI=1S/C23H25FN4O/c1-5-28(19-8-6-7-16(4)13-19)22-20(23(29)26-15(2)3)14-25-21(27-22)17-9-11-18(24)12-10-17/h6-15H,5H2,1-4H3,(H,26,29).